The molecule has 0 spiro atoms. The quantitative estimate of drug-likeness (QED) is 0.503. The number of rotatable bonds is 8. The van der Waals surface area contributed by atoms with E-state index < -0.39 is 5.82 Å². The molecule has 0 saturated carbocycles. The van der Waals surface area contributed by atoms with Crippen molar-refractivity contribution < 1.29 is 18.7 Å². The number of para-hydroxylation sites is 2. The van der Waals surface area contributed by atoms with Crippen LogP contribution < -0.4 is 4.74 Å². The largest absolute Gasteiger partial charge is 0.435 e. The summed E-state index contributed by atoms with van der Waals surface area (Å²) in [5.41, 5.74) is 2.37. The van der Waals surface area contributed by atoms with Crippen molar-refractivity contribution in [3.8, 4) is 17.3 Å². The molecule has 1 saturated heterocycles. The first-order valence-corrected chi connectivity index (χ1v) is 11.0. The molecule has 1 amide bonds. The highest BCUT2D eigenvalue weighted by Crippen LogP contribution is 2.33. The summed E-state index contributed by atoms with van der Waals surface area (Å²) in [4.78, 5) is 14.2. The number of hydrogen-bond donors (Lipinski definition) is 0. The fourth-order valence-electron chi connectivity index (χ4n) is 3.93. The number of halogens is 1. The lowest BCUT2D eigenvalue weighted by atomic mass is 10.1. The van der Waals surface area contributed by atoms with Crippen LogP contribution in [0, 0.1) is 5.82 Å². The smallest absolute Gasteiger partial charge is 0.228 e. The van der Waals surface area contributed by atoms with E-state index in [-0.39, 0.29) is 17.8 Å². The Bertz CT molecular complexity index is 1060. The van der Waals surface area contributed by atoms with Gasteiger partial charge in [0, 0.05) is 20.1 Å². The molecule has 2 aromatic carbocycles. The van der Waals surface area contributed by atoms with E-state index in [1.54, 1.807) is 34.7 Å². The average molecular weight is 438 g/mol. The lowest BCUT2D eigenvalue weighted by Crippen LogP contribution is -2.35. The molecule has 0 radical (unpaired) electrons. The number of amides is 1. The molecule has 1 atom stereocenters. The number of hydrogen-bond acceptors (Lipinski definition) is 4. The highest BCUT2D eigenvalue weighted by atomic mass is 19.1. The zero-order valence-electron chi connectivity index (χ0n) is 18.5. The third-order valence-electron chi connectivity index (χ3n) is 5.64. The van der Waals surface area contributed by atoms with Crippen molar-refractivity contribution in [1.29, 1.82) is 0 Å². The standard InChI is InChI=1S/C25H28FN3O3/c1-3-23-21(17-28(18(2)30)16-20-12-9-15-31-20)25(32-24-14-8-7-13-22(24)26)29(27-23)19-10-5-4-6-11-19/h4-8,10-11,13-14,20H,3,9,12,15-17H2,1-2H3/t20-/m1/s1. The van der Waals surface area contributed by atoms with Crippen molar-refractivity contribution in [3.05, 3.63) is 71.7 Å². The maximum Gasteiger partial charge on any atom is 0.228 e. The third-order valence-corrected chi connectivity index (χ3v) is 5.64. The van der Waals surface area contributed by atoms with E-state index in [1.165, 1.54) is 6.07 Å². The van der Waals surface area contributed by atoms with Gasteiger partial charge >= 0.3 is 0 Å². The van der Waals surface area contributed by atoms with Gasteiger partial charge < -0.3 is 14.4 Å². The average Bonchev–Trinajstić information content (AvgIpc) is 3.43. The maximum atomic E-state index is 14.5. The lowest BCUT2D eigenvalue weighted by molar-refractivity contribution is -0.131. The van der Waals surface area contributed by atoms with Gasteiger partial charge in [0.2, 0.25) is 11.8 Å². The van der Waals surface area contributed by atoms with Crippen molar-refractivity contribution in [2.75, 3.05) is 13.2 Å². The van der Waals surface area contributed by atoms with Gasteiger partial charge in [-0.25, -0.2) is 9.07 Å². The van der Waals surface area contributed by atoms with E-state index in [2.05, 4.69) is 0 Å². The Morgan fingerprint density at radius 3 is 2.62 bits per heavy atom. The molecule has 1 aromatic heterocycles. The molecule has 0 bridgehead atoms. The van der Waals surface area contributed by atoms with Crippen LogP contribution in [-0.4, -0.2) is 39.8 Å². The summed E-state index contributed by atoms with van der Waals surface area (Å²) < 4.78 is 28.0. The first-order chi connectivity index (χ1) is 15.6. The summed E-state index contributed by atoms with van der Waals surface area (Å²) in [6, 6.07) is 15.9. The Kier molecular flexibility index (Phi) is 6.85. The minimum absolute atomic E-state index is 0.0316. The zero-order valence-corrected chi connectivity index (χ0v) is 18.5. The molecule has 32 heavy (non-hydrogen) atoms. The van der Waals surface area contributed by atoms with Gasteiger partial charge in [0.15, 0.2) is 11.6 Å². The van der Waals surface area contributed by atoms with E-state index in [0.29, 0.717) is 25.4 Å². The van der Waals surface area contributed by atoms with Gasteiger partial charge in [-0.3, -0.25) is 4.79 Å². The fraction of sp³-hybridized carbons (Fsp3) is 0.360. The van der Waals surface area contributed by atoms with E-state index in [4.69, 9.17) is 14.6 Å². The molecule has 168 valence electrons. The molecular weight excluding hydrogens is 409 g/mol. The molecule has 3 aromatic rings. The van der Waals surface area contributed by atoms with Gasteiger partial charge in [-0.05, 0) is 43.5 Å². The molecule has 6 nitrogen and oxygen atoms in total. The van der Waals surface area contributed by atoms with Gasteiger partial charge in [-0.2, -0.15) is 5.10 Å². The second kappa shape index (κ2) is 9.96. The predicted molar refractivity (Wildman–Crippen MR) is 119 cm³/mol. The second-order valence-electron chi connectivity index (χ2n) is 7.90. The van der Waals surface area contributed by atoms with Crippen LogP contribution in [-0.2, 0) is 22.5 Å². The number of benzene rings is 2. The molecule has 4 rings (SSSR count). The number of carbonyl (C=O) groups excluding carboxylic acids is 1. The SMILES string of the molecule is CCc1nn(-c2ccccc2)c(Oc2ccccc2F)c1CN(C[C@H]1CCCO1)C(C)=O. The predicted octanol–water partition coefficient (Wildman–Crippen LogP) is 4.89. The first-order valence-electron chi connectivity index (χ1n) is 11.0. The van der Waals surface area contributed by atoms with Crippen LogP contribution in [0.5, 0.6) is 11.6 Å². The van der Waals surface area contributed by atoms with Crippen molar-refractivity contribution in [2.24, 2.45) is 0 Å². The first kappa shape index (κ1) is 22.0. The van der Waals surface area contributed by atoms with Crippen molar-refractivity contribution in [1.82, 2.24) is 14.7 Å². The molecule has 0 unspecified atom stereocenters. The fourth-order valence-corrected chi connectivity index (χ4v) is 3.93. The van der Waals surface area contributed by atoms with Crippen LogP contribution >= 0.6 is 0 Å². The Balaban J connectivity index is 1.76. The summed E-state index contributed by atoms with van der Waals surface area (Å²) in [6.45, 7) is 5.11. The number of aromatic nitrogens is 2. The van der Waals surface area contributed by atoms with Gasteiger partial charge in [0.05, 0.1) is 29.6 Å². The monoisotopic (exact) mass is 437 g/mol. The van der Waals surface area contributed by atoms with Gasteiger partial charge in [-0.1, -0.05) is 37.3 Å². The highest BCUT2D eigenvalue weighted by Gasteiger charge is 2.26. The molecule has 0 N–H and O–H groups in total. The summed E-state index contributed by atoms with van der Waals surface area (Å²) in [5.74, 6) is 0.0191. The Hall–Kier alpha value is -3.19. The van der Waals surface area contributed by atoms with Crippen LogP contribution in [0.3, 0.4) is 0 Å². The Morgan fingerprint density at radius 2 is 1.97 bits per heavy atom. The topological polar surface area (TPSA) is 56.6 Å². The molecule has 0 aliphatic carbocycles. The number of aryl methyl sites for hydroxylation is 1. The van der Waals surface area contributed by atoms with Crippen molar-refractivity contribution in [3.63, 3.8) is 0 Å². The molecular formula is C25H28FN3O3. The summed E-state index contributed by atoms with van der Waals surface area (Å²) in [6.07, 6.45) is 2.62. The maximum absolute atomic E-state index is 14.5. The lowest BCUT2D eigenvalue weighted by Gasteiger charge is -2.24. The van der Waals surface area contributed by atoms with Crippen molar-refractivity contribution in [2.45, 2.75) is 45.8 Å². The van der Waals surface area contributed by atoms with Crippen LogP contribution in [0.15, 0.2) is 54.6 Å². The van der Waals surface area contributed by atoms with E-state index in [1.807, 2.05) is 37.3 Å². The van der Waals surface area contributed by atoms with E-state index in [9.17, 15) is 9.18 Å². The Morgan fingerprint density at radius 1 is 1.22 bits per heavy atom. The number of carbonyl (C=O) groups is 1. The van der Waals surface area contributed by atoms with Gasteiger partial charge in [-0.15, -0.1) is 0 Å². The van der Waals surface area contributed by atoms with Crippen LogP contribution in [0.2, 0.25) is 0 Å². The number of nitrogens with zero attached hydrogens (tertiary/aromatic N) is 3. The van der Waals surface area contributed by atoms with Crippen LogP contribution in [0.4, 0.5) is 4.39 Å². The molecule has 1 aliphatic heterocycles. The van der Waals surface area contributed by atoms with E-state index >= 15 is 0 Å². The molecule has 2 heterocycles. The Labute approximate surface area is 187 Å². The van der Waals surface area contributed by atoms with Gasteiger partial charge in [0.25, 0.3) is 0 Å². The summed E-state index contributed by atoms with van der Waals surface area (Å²) >= 11 is 0. The van der Waals surface area contributed by atoms with Crippen molar-refractivity contribution >= 4 is 5.91 Å². The molecule has 1 fully saturated rings. The summed E-state index contributed by atoms with van der Waals surface area (Å²) in [7, 11) is 0. The third kappa shape index (κ3) is 4.83. The second-order valence-corrected chi connectivity index (χ2v) is 7.90. The highest BCUT2D eigenvalue weighted by molar-refractivity contribution is 5.73. The van der Waals surface area contributed by atoms with Crippen LogP contribution in [0.1, 0.15) is 37.9 Å². The minimum Gasteiger partial charge on any atom is -0.435 e. The van der Waals surface area contributed by atoms with Gasteiger partial charge in [0.1, 0.15) is 0 Å². The minimum atomic E-state index is -0.458. The summed E-state index contributed by atoms with van der Waals surface area (Å²) in [5, 5.41) is 4.77. The molecule has 7 heteroatoms. The zero-order chi connectivity index (χ0) is 22.5. The molecule has 1 aliphatic rings. The number of ether oxygens (including phenoxy) is 2. The normalized spacial score (nSPS) is 15.7. The van der Waals surface area contributed by atoms with Crippen LogP contribution in [0.25, 0.3) is 5.69 Å². The van der Waals surface area contributed by atoms with E-state index in [0.717, 1.165) is 36.4 Å².